The summed E-state index contributed by atoms with van der Waals surface area (Å²) in [6.07, 6.45) is 0. The van der Waals surface area contributed by atoms with Gasteiger partial charge in [0.15, 0.2) is 0 Å². The number of fused-ring (bicyclic) bond motifs is 1. The van der Waals surface area contributed by atoms with Crippen LogP contribution in [0.3, 0.4) is 0 Å². The van der Waals surface area contributed by atoms with E-state index in [-0.39, 0.29) is 5.91 Å². The molecular weight excluding hydrogens is 342 g/mol. The van der Waals surface area contributed by atoms with Crippen LogP contribution in [0.5, 0.6) is 11.5 Å². The first-order valence-electron chi connectivity index (χ1n) is 8.57. The molecule has 0 saturated carbocycles. The Labute approximate surface area is 156 Å². The van der Waals surface area contributed by atoms with Crippen LogP contribution in [0.15, 0.2) is 78.9 Å². The van der Waals surface area contributed by atoms with E-state index >= 15 is 0 Å². The summed E-state index contributed by atoms with van der Waals surface area (Å²) in [7, 11) is 0. The van der Waals surface area contributed by atoms with Gasteiger partial charge in [-0.05, 0) is 42.5 Å². The van der Waals surface area contributed by atoms with Crippen LogP contribution in [-0.4, -0.2) is 34.1 Å². The summed E-state index contributed by atoms with van der Waals surface area (Å²) >= 11 is 0. The number of hydrogen-bond donors (Lipinski definition) is 0. The van der Waals surface area contributed by atoms with Crippen molar-refractivity contribution in [2.45, 2.75) is 0 Å². The highest BCUT2D eigenvalue weighted by Crippen LogP contribution is 2.17. The van der Waals surface area contributed by atoms with E-state index < -0.39 is 0 Å². The SMILES string of the molecule is O=C(c1cccc(OCCOc2ccccc2)c1)n1nnc2ccccc21. The first kappa shape index (κ1) is 16.8. The molecule has 0 fully saturated rings. The van der Waals surface area contributed by atoms with Gasteiger partial charge in [-0.2, -0.15) is 4.68 Å². The topological polar surface area (TPSA) is 66.2 Å². The summed E-state index contributed by atoms with van der Waals surface area (Å²) in [5.74, 6) is 1.14. The van der Waals surface area contributed by atoms with Crippen molar-refractivity contribution >= 4 is 16.9 Å². The lowest BCUT2D eigenvalue weighted by molar-refractivity contribution is 0.0947. The predicted octanol–water partition coefficient (Wildman–Crippen LogP) is 3.58. The van der Waals surface area contributed by atoms with Crippen molar-refractivity contribution in [2.24, 2.45) is 0 Å². The van der Waals surface area contributed by atoms with Gasteiger partial charge in [0.25, 0.3) is 5.91 Å². The molecule has 1 heterocycles. The van der Waals surface area contributed by atoms with E-state index in [1.165, 1.54) is 4.68 Å². The fraction of sp³-hybridized carbons (Fsp3) is 0.0952. The molecule has 4 rings (SSSR count). The largest absolute Gasteiger partial charge is 0.490 e. The second-order valence-electron chi connectivity index (χ2n) is 5.83. The summed E-state index contributed by atoms with van der Waals surface area (Å²) in [6.45, 7) is 0.786. The fourth-order valence-corrected chi connectivity index (χ4v) is 2.70. The number of hydrogen-bond acceptors (Lipinski definition) is 5. The molecule has 0 amide bonds. The standard InChI is InChI=1S/C21H17N3O3/c25-21(24-20-12-5-4-11-19(20)22-23-24)16-7-6-10-18(15-16)27-14-13-26-17-8-2-1-3-9-17/h1-12,15H,13-14H2. The Morgan fingerprint density at radius 2 is 1.52 bits per heavy atom. The molecule has 0 bridgehead atoms. The maximum atomic E-state index is 12.8. The number of para-hydroxylation sites is 2. The molecule has 0 N–H and O–H groups in total. The second-order valence-corrected chi connectivity index (χ2v) is 5.83. The minimum absolute atomic E-state index is 0.255. The van der Waals surface area contributed by atoms with Crippen molar-refractivity contribution < 1.29 is 14.3 Å². The molecule has 0 aliphatic carbocycles. The average molecular weight is 359 g/mol. The van der Waals surface area contributed by atoms with Crippen LogP contribution in [0.4, 0.5) is 0 Å². The number of ether oxygens (including phenoxy) is 2. The first-order valence-corrected chi connectivity index (χ1v) is 8.57. The van der Waals surface area contributed by atoms with Crippen molar-refractivity contribution in [1.82, 2.24) is 15.0 Å². The van der Waals surface area contributed by atoms with Crippen LogP contribution in [0.25, 0.3) is 11.0 Å². The number of carbonyl (C=O) groups is 1. The van der Waals surface area contributed by atoms with E-state index in [0.717, 1.165) is 5.75 Å². The van der Waals surface area contributed by atoms with E-state index in [2.05, 4.69) is 10.3 Å². The molecule has 0 spiro atoms. The third-order valence-corrected chi connectivity index (χ3v) is 3.99. The van der Waals surface area contributed by atoms with E-state index in [9.17, 15) is 4.79 Å². The Hall–Kier alpha value is -3.67. The summed E-state index contributed by atoms with van der Waals surface area (Å²) < 4.78 is 12.6. The molecular formula is C21H17N3O3. The minimum Gasteiger partial charge on any atom is -0.490 e. The van der Waals surface area contributed by atoms with Gasteiger partial charge in [0.05, 0.1) is 5.52 Å². The predicted molar refractivity (Wildman–Crippen MR) is 101 cm³/mol. The van der Waals surface area contributed by atoms with E-state index in [1.807, 2.05) is 54.6 Å². The molecule has 4 aromatic rings. The number of aromatic nitrogens is 3. The van der Waals surface area contributed by atoms with Gasteiger partial charge >= 0.3 is 0 Å². The molecule has 0 aliphatic rings. The summed E-state index contributed by atoms with van der Waals surface area (Å²) in [5, 5.41) is 7.99. The first-order chi connectivity index (χ1) is 13.3. The molecule has 6 heteroatoms. The molecule has 0 atom stereocenters. The van der Waals surface area contributed by atoms with Gasteiger partial charge in [0.1, 0.15) is 30.2 Å². The number of carbonyl (C=O) groups excluding carboxylic acids is 1. The van der Waals surface area contributed by atoms with E-state index in [1.54, 1.807) is 24.3 Å². The maximum Gasteiger partial charge on any atom is 0.280 e. The molecule has 134 valence electrons. The Bertz CT molecular complexity index is 1060. The fourth-order valence-electron chi connectivity index (χ4n) is 2.70. The molecule has 27 heavy (non-hydrogen) atoms. The van der Waals surface area contributed by atoms with E-state index in [4.69, 9.17) is 9.47 Å². The Morgan fingerprint density at radius 3 is 2.37 bits per heavy atom. The van der Waals surface area contributed by atoms with Crippen molar-refractivity contribution in [3.05, 3.63) is 84.4 Å². The average Bonchev–Trinajstić information content (AvgIpc) is 3.16. The maximum absolute atomic E-state index is 12.8. The van der Waals surface area contributed by atoms with Crippen LogP contribution in [-0.2, 0) is 0 Å². The zero-order valence-corrected chi connectivity index (χ0v) is 14.5. The van der Waals surface area contributed by atoms with Gasteiger partial charge < -0.3 is 9.47 Å². The number of nitrogens with zero attached hydrogens (tertiary/aromatic N) is 3. The van der Waals surface area contributed by atoms with Gasteiger partial charge in [-0.15, -0.1) is 5.10 Å². The third kappa shape index (κ3) is 3.79. The van der Waals surface area contributed by atoms with Gasteiger partial charge in [-0.3, -0.25) is 4.79 Å². The van der Waals surface area contributed by atoms with Gasteiger partial charge in [-0.25, -0.2) is 0 Å². The molecule has 6 nitrogen and oxygen atoms in total. The molecule has 3 aromatic carbocycles. The quantitative estimate of drug-likeness (QED) is 0.492. The number of rotatable bonds is 6. The van der Waals surface area contributed by atoms with Gasteiger partial charge in [0.2, 0.25) is 0 Å². The molecule has 0 radical (unpaired) electrons. The highest BCUT2D eigenvalue weighted by Gasteiger charge is 2.14. The zero-order valence-electron chi connectivity index (χ0n) is 14.5. The minimum atomic E-state index is -0.255. The Morgan fingerprint density at radius 1 is 0.815 bits per heavy atom. The van der Waals surface area contributed by atoms with Crippen LogP contribution in [0, 0.1) is 0 Å². The monoisotopic (exact) mass is 359 g/mol. The molecule has 0 aliphatic heterocycles. The third-order valence-electron chi connectivity index (χ3n) is 3.99. The normalized spacial score (nSPS) is 10.7. The highest BCUT2D eigenvalue weighted by molar-refractivity contribution is 6.00. The summed E-state index contributed by atoms with van der Waals surface area (Å²) in [6, 6.07) is 23.9. The van der Waals surface area contributed by atoms with Crippen molar-refractivity contribution in [1.29, 1.82) is 0 Å². The second kappa shape index (κ2) is 7.70. The van der Waals surface area contributed by atoms with Crippen LogP contribution < -0.4 is 9.47 Å². The molecule has 0 saturated heterocycles. The van der Waals surface area contributed by atoms with Crippen LogP contribution in [0.1, 0.15) is 10.4 Å². The smallest absolute Gasteiger partial charge is 0.280 e. The van der Waals surface area contributed by atoms with Gasteiger partial charge in [-0.1, -0.05) is 41.6 Å². The van der Waals surface area contributed by atoms with Crippen LogP contribution in [0.2, 0.25) is 0 Å². The molecule has 1 aromatic heterocycles. The van der Waals surface area contributed by atoms with Crippen LogP contribution >= 0.6 is 0 Å². The van der Waals surface area contributed by atoms with Crippen molar-refractivity contribution in [3.8, 4) is 11.5 Å². The Kier molecular flexibility index (Phi) is 4.78. The highest BCUT2D eigenvalue weighted by atomic mass is 16.5. The summed E-state index contributed by atoms with van der Waals surface area (Å²) in [5.41, 5.74) is 1.83. The summed E-state index contributed by atoms with van der Waals surface area (Å²) in [4.78, 5) is 12.8. The lowest BCUT2D eigenvalue weighted by atomic mass is 10.2. The van der Waals surface area contributed by atoms with Gasteiger partial charge in [0, 0.05) is 5.56 Å². The van der Waals surface area contributed by atoms with Crippen molar-refractivity contribution in [3.63, 3.8) is 0 Å². The van der Waals surface area contributed by atoms with E-state index in [0.29, 0.717) is 35.6 Å². The number of benzene rings is 3. The lowest BCUT2D eigenvalue weighted by Gasteiger charge is -2.09. The molecule has 0 unspecified atom stereocenters. The zero-order chi connectivity index (χ0) is 18.5. The Balaban J connectivity index is 1.42. The lowest BCUT2D eigenvalue weighted by Crippen LogP contribution is -2.14. The van der Waals surface area contributed by atoms with Crippen molar-refractivity contribution in [2.75, 3.05) is 13.2 Å².